The summed E-state index contributed by atoms with van der Waals surface area (Å²) in [5, 5.41) is 12.4. The Balaban J connectivity index is 2.02. The Morgan fingerprint density at radius 3 is 2.42 bits per heavy atom. The molecule has 108 valence electrons. The smallest absolute Gasteiger partial charge is 0.162 e. The Morgan fingerprint density at radius 2 is 1.79 bits per heavy atom. The number of nitrogens with one attached hydrogen (secondary N) is 1. The molecule has 0 amide bonds. The molecule has 2 N–H and O–H groups in total. The molecule has 0 aromatic rings. The third-order valence-corrected chi connectivity index (χ3v) is 4.54. The summed E-state index contributed by atoms with van der Waals surface area (Å²) in [5.74, 6) is 1.20. The maximum absolute atomic E-state index is 11.6. The number of piperidine rings is 1. The Hall–Kier alpha value is -0.670. The summed E-state index contributed by atoms with van der Waals surface area (Å²) in [6, 6.07) is 0. The lowest BCUT2D eigenvalue weighted by Crippen LogP contribution is -2.29. The number of allylic oxidation sites excluding steroid dienone is 2. The summed E-state index contributed by atoms with van der Waals surface area (Å²) in [7, 11) is 0. The van der Waals surface area contributed by atoms with Crippen LogP contribution in [0.25, 0.3) is 0 Å². The predicted octanol–water partition coefficient (Wildman–Crippen LogP) is 2.44. The summed E-state index contributed by atoms with van der Waals surface area (Å²) in [4.78, 5) is 11.6. The van der Waals surface area contributed by atoms with Crippen molar-refractivity contribution in [1.29, 1.82) is 0 Å². The summed E-state index contributed by atoms with van der Waals surface area (Å²) < 4.78 is 0. The molecule has 3 heteroatoms. The predicted molar refractivity (Wildman–Crippen MR) is 77.0 cm³/mol. The second-order valence-corrected chi connectivity index (χ2v) is 6.04. The second-order valence-electron chi connectivity index (χ2n) is 6.04. The first kappa shape index (κ1) is 14.7. The van der Waals surface area contributed by atoms with Gasteiger partial charge < -0.3 is 10.4 Å². The lowest BCUT2D eigenvalue weighted by atomic mass is 9.81. The zero-order valence-corrected chi connectivity index (χ0v) is 11.9. The molecule has 0 spiro atoms. The van der Waals surface area contributed by atoms with Crippen molar-refractivity contribution in [2.45, 2.75) is 51.4 Å². The van der Waals surface area contributed by atoms with Crippen LogP contribution in [0.1, 0.15) is 51.4 Å². The molecule has 0 radical (unpaired) electrons. The van der Waals surface area contributed by atoms with E-state index in [-0.39, 0.29) is 12.4 Å². The van der Waals surface area contributed by atoms with Gasteiger partial charge in [-0.25, -0.2) is 0 Å². The standard InChI is InChI=1S/C16H27NO2/c18-12-16(19)11-15(14-6-8-17-9-7-14)10-13-4-2-1-3-5-13/h10,13-14,17-18H,1-9,11-12H2/b15-10-. The summed E-state index contributed by atoms with van der Waals surface area (Å²) in [5.41, 5.74) is 1.31. The molecule has 2 rings (SSSR count). The van der Waals surface area contributed by atoms with E-state index in [1.807, 2.05) is 0 Å². The second kappa shape index (κ2) is 7.81. The van der Waals surface area contributed by atoms with Gasteiger partial charge >= 0.3 is 0 Å². The molecule has 1 saturated carbocycles. The van der Waals surface area contributed by atoms with E-state index in [1.54, 1.807) is 0 Å². The van der Waals surface area contributed by atoms with Crippen LogP contribution in [0.5, 0.6) is 0 Å². The fourth-order valence-corrected chi connectivity index (χ4v) is 3.42. The van der Waals surface area contributed by atoms with Crippen LogP contribution in [-0.2, 0) is 4.79 Å². The van der Waals surface area contributed by atoms with Gasteiger partial charge in [-0.2, -0.15) is 0 Å². The molecule has 2 aliphatic rings. The van der Waals surface area contributed by atoms with Gasteiger partial charge in [0.25, 0.3) is 0 Å². The van der Waals surface area contributed by atoms with Gasteiger partial charge in [0.2, 0.25) is 0 Å². The molecule has 1 aliphatic heterocycles. The molecule has 0 aromatic heterocycles. The Labute approximate surface area is 116 Å². The number of carbonyl (C=O) groups excluding carboxylic acids is 1. The number of Topliss-reactive ketones (excluding diaryl/α,β-unsaturated/α-hetero) is 1. The highest BCUT2D eigenvalue weighted by Crippen LogP contribution is 2.31. The van der Waals surface area contributed by atoms with Crippen LogP contribution in [0.2, 0.25) is 0 Å². The quantitative estimate of drug-likeness (QED) is 0.751. The summed E-state index contributed by atoms with van der Waals surface area (Å²) >= 11 is 0. The zero-order valence-electron chi connectivity index (χ0n) is 11.9. The molecule has 1 aliphatic carbocycles. The molecule has 0 atom stereocenters. The largest absolute Gasteiger partial charge is 0.389 e. The number of ketones is 1. The highest BCUT2D eigenvalue weighted by Gasteiger charge is 2.21. The first-order valence-corrected chi connectivity index (χ1v) is 7.83. The Bertz CT molecular complexity index is 313. The highest BCUT2D eigenvalue weighted by molar-refractivity contribution is 5.81. The minimum absolute atomic E-state index is 0.0272. The van der Waals surface area contributed by atoms with Crippen molar-refractivity contribution < 1.29 is 9.90 Å². The average molecular weight is 265 g/mol. The molecule has 0 aromatic carbocycles. The van der Waals surface area contributed by atoms with E-state index in [9.17, 15) is 4.79 Å². The maximum atomic E-state index is 11.6. The van der Waals surface area contributed by atoms with E-state index in [1.165, 1.54) is 37.7 Å². The maximum Gasteiger partial charge on any atom is 0.162 e. The average Bonchev–Trinajstić information content (AvgIpc) is 2.48. The molecule has 0 bridgehead atoms. The fourth-order valence-electron chi connectivity index (χ4n) is 3.42. The van der Waals surface area contributed by atoms with E-state index >= 15 is 0 Å². The molecule has 2 fully saturated rings. The minimum atomic E-state index is -0.313. The van der Waals surface area contributed by atoms with E-state index in [0.717, 1.165) is 25.9 Å². The number of rotatable bonds is 5. The van der Waals surface area contributed by atoms with Gasteiger partial charge in [0, 0.05) is 6.42 Å². The lowest BCUT2D eigenvalue weighted by molar-refractivity contribution is -0.121. The highest BCUT2D eigenvalue weighted by atomic mass is 16.3. The number of hydrogen-bond acceptors (Lipinski definition) is 3. The van der Waals surface area contributed by atoms with Crippen LogP contribution in [0.3, 0.4) is 0 Å². The molecule has 3 nitrogen and oxygen atoms in total. The molecule has 19 heavy (non-hydrogen) atoms. The number of aliphatic hydroxyl groups excluding tert-OH is 1. The fraction of sp³-hybridized carbons (Fsp3) is 0.812. The van der Waals surface area contributed by atoms with Crippen molar-refractivity contribution in [1.82, 2.24) is 5.32 Å². The monoisotopic (exact) mass is 265 g/mol. The van der Waals surface area contributed by atoms with Crippen LogP contribution in [-0.4, -0.2) is 30.6 Å². The van der Waals surface area contributed by atoms with Crippen molar-refractivity contribution in [2.75, 3.05) is 19.7 Å². The van der Waals surface area contributed by atoms with Crippen LogP contribution in [0.4, 0.5) is 0 Å². The minimum Gasteiger partial charge on any atom is -0.389 e. The van der Waals surface area contributed by atoms with Crippen LogP contribution in [0, 0.1) is 11.8 Å². The van der Waals surface area contributed by atoms with Crippen molar-refractivity contribution in [2.24, 2.45) is 11.8 Å². The van der Waals surface area contributed by atoms with Gasteiger partial charge in [0.15, 0.2) is 5.78 Å². The van der Waals surface area contributed by atoms with Gasteiger partial charge in [0.1, 0.15) is 6.61 Å². The first-order valence-electron chi connectivity index (χ1n) is 7.83. The number of carbonyl (C=O) groups is 1. The lowest BCUT2D eigenvalue weighted by Gasteiger charge is -2.27. The van der Waals surface area contributed by atoms with E-state index < -0.39 is 0 Å². The zero-order chi connectivity index (χ0) is 13.5. The van der Waals surface area contributed by atoms with Gasteiger partial charge in [-0.3, -0.25) is 4.79 Å². The summed E-state index contributed by atoms with van der Waals surface area (Å²) in [6.45, 7) is 1.80. The Kier molecular flexibility index (Phi) is 6.05. The van der Waals surface area contributed by atoms with Crippen molar-refractivity contribution in [3.63, 3.8) is 0 Å². The van der Waals surface area contributed by atoms with Crippen molar-refractivity contribution >= 4 is 5.78 Å². The van der Waals surface area contributed by atoms with Crippen molar-refractivity contribution in [3.05, 3.63) is 11.6 Å². The topological polar surface area (TPSA) is 49.3 Å². The van der Waals surface area contributed by atoms with Gasteiger partial charge in [-0.1, -0.05) is 30.9 Å². The normalized spacial score (nSPS) is 23.5. The SMILES string of the molecule is O=C(CO)C/C(=C/C1CCCCC1)C1CCNCC1. The molecular weight excluding hydrogens is 238 g/mol. The van der Waals surface area contributed by atoms with Crippen LogP contribution < -0.4 is 5.32 Å². The molecule has 0 unspecified atom stereocenters. The van der Waals surface area contributed by atoms with Crippen LogP contribution >= 0.6 is 0 Å². The van der Waals surface area contributed by atoms with Crippen molar-refractivity contribution in [3.8, 4) is 0 Å². The molecular formula is C16H27NO2. The molecule has 1 saturated heterocycles. The number of aliphatic hydroxyl groups is 1. The first-order chi connectivity index (χ1) is 9.29. The number of hydrogen-bond donors (Lipinski definition) is 2. The van der Waals surface area contributed by atoms with Gasteiger partial charge in [-0.15, -0.1) is 0 Å². The van der Waals surface area contributed by atoms with Gasteiger partial charge in [-0.05, 0) is 50.6 Å². The third kappa shape index (κ3) is 4.73. The third-order valence-electron chi connectivity index (χ3n) is 4.54. The van der Waals surface area contributed by atoms with E-state index in [0.29, 0.717) is 18.3 Å². The van der Waals surface area contributed by atoms with Crippen LogP contribution in [0.15, 0.2) is 11.6 Å². The van der Waals surface area contributed by atoms with Gasteiger partial charge in [0.05, 0.1) is 0 Å². The van der Waals surface area contributed by atoms with E-state index in [4.69, 9.17) is 5.11 Å². The van der Waals surface area contributed by atoms with E-state index in [2.05, 4.69) is 11.4 Å². The Morgan fingerprint density at radius 1 is 1.11 bits per heavy atom. The molecule has 1 heterocycles. The summed E-state index contributed by atoms with van der Waals surface area (Å²) in [6.07, 6.45) is 11.7.